The molecule has 11 heteroatoms. The fourth-order valence-corrected chi connectivity index (χ4v) is 5.31. The van der Waals surface area contributed by atoms with Gasteiger partial charge in [-0.1, -0.05) is 13.8 Å². The van der Waals surface area contributed by atoms with Crippen molar-refractivity contribution in [2.45, 2.75) is 51.6 Å². The lowest BCUT2D eigenvalue weighted by molar-refractivity contribution is 0.201. The van der Waals surface area contributed by atoms with E-state index in [1.165, 1.54) is 0 Å². The molecular weight excluding hydrogens is 452 g/mol. The number of nitrogens with zero attached hydrogens (tertiary/aromatic N) is 8. The molecule has 5 rings (SSSR count). The first kappa shape index (κ1) is 22.9. The highest BCUT2D eigenvalue weighted by molar-refractivity contribution is 7.79. The average molecular weight is 483 g/mol. The molecule has 0 radical (unpaired) electrons. The Hall–Kier alpha value is -2.89. The van der Waals surface area contributed by atoms with Crippen LogP contribution in [0.4, 0.5) is 0 Å². The molecule has 34 heavy (non-hydrogen) atoms. The summed E-state index contributed by atoms with van der Waals surface area (Å²) in [5.41, 5.74) is 4.50. The van der Waals surface area contributed by atoms with E-state index >= 15 is 0 Å². The van der Waals surface area contributed by atoms with E-state index in [0.717, 1.165) is 66.8 Å². The van der Waals surface area contributed by atoms with Crippen molar-refractivity contribution in [2.24, 2.45) is 0 Å². The topological polar surface area (TPSA) is 106 Å². The predicted octanol–water partition coefficient (Wildman–Crippen LogP) is 3.63. The molecule has 4 aromatic rings. The maximum Gasteiger partial charge on any atom is 0.167 e. The molecule has 0 saturated carbocycles. The summed E-state index contributed by atoms with van der Waals surface area (Å²) in [5.74, 6) is 0.210. The molecule has 0 aromatic carbocycles. The Morgan fingerprint density at radius 1 is 1.06 bits per heavy atom. The van der Waals surface area contributed by atoms with Crippen LogP contribution in [0.15, 0.2) is 43.2 Å². The molecule has 1 fully saturated rings. The SMILES string of the molecule is CCC(CC)n1cc(-c2nc(-c3cnn(C4CCN(CS(=O)O)CC4)c3)cn3nccc23)cn1. The van der Waals surface area contributed by atoms with Crippen LogP contribution in [0.1, 0.15) is 51.6 Å². The molecule has 4 aromatic heterocycles. The lowest BCUT2D eigenvalue weighted by Gasteiger charge is -2.30. The van der Waals surface area contributed by atoms with E-state index in [-0.39, 0.29) is 11.9 Å². The van der Waals surface area contributed by atoms with Crippen LogP contribution in [0, 0.1) is 0 Å². The standard InChI is InChI=1S/C23H30N8O2S/c1-3-19(4-2)29-14-18(12-26-29)23-22-5-8-24-31(22)15-21(27-23)17-11-25-30(13-17)20-6-9-28(10-7-20)16-34(32)33/h5,8,11-15,19-20H,3-4,6-7,9-10,16H2,1-2H3,(H,32,33). The molecule has 5 heterocycles. The molecule has 0 aliphatic carbocycles. The third-order valence-corrected chi connectivity index (χ3v) is 7.29. The van der Waals surface area contributed by atoms with Crippen LogP contribution in [-0.4, -0.2) is 66.8 Å². The quantitative estimate of drug-likeness (QED) is 0.382. The molecule has 10 nitrogen and oxygen atoms in total. The van der Waals surface area contributed by atoms with Crippen LogP contribution in [0.3, 0.4) is 0 Å². The van der Waals surface area contributed by atoms with Crippen LogP contribution in [0.25, 0.3) is 28.0 Å². The number of fused-ring (bicyclic) bond motifs is 1. The summed E-state index contributed by atoms with van der Waals surface area (Å²) in [5, 5.41) is 13.7. The van der Waals surface area contributed by atoms with E-state index in [1.54, 1.807) is 6.20 Å². The zero-order valence-corrected chi connectivity index (χ0v) is 20.3. The van der Waals surface area contributed by atoms with Gasteiger partial charge in [-0.2, -0.15) is 15.3 Å². The molecule has 180 valence electrons. The van der Waals surface area contributed by atoms with Crippen molar-refractivity contribution in [3.8, 4) is 22.5 Å². The average Bonchev–Trinajstić information content (AvgIpc) is 3.60. The van der Waals surface area contributed by atoms with Crippen molar-refractivity contribution in [1.82, 2.24) is 39.1 Å². The number of rotatable bonds is 8. The third kappa shape index (κ3) is 4.55. The lowest BCUT2D eigenvalue weighted by Crippen LogP contribution is -2.36. The van der Waals surface area contributed by atoms with Crippen molar-refractivity contribution < 1.29 is 8.76 Å². The number of hydrogen-bond acceptors (Lipinski definition) is 6. The Kier molecular flexibility index (Phi) is 6.57. The van der Waals surface area contributed by atoms with Gasteiger partial charge in [-0.15, -0.1) is 0 Å². The van der Waals surface area contributed by atoms with Crippen LogP contribution < -0.4 is 0 Å². The molecule has 0 spiro atoms. The monoisotopic (exact) mass is 482 g/mol. The normalized spacial score (nSPS) is 16.6. The second kappa shape index (κ2) is 9.77. The molecule has 1 aliphatic rings. The highest BCUT2D eigenvalue weighted by Gasteiger charge is 2.23. The van der Waals surface area contributed by atoms with E-state index in [0.29, 0.717) is 6.04 Å². The zero-order valence-electron chi connectivity index (χ0n) is 19.5. The summed E-state index contributed by atoms with van der Waals surface area (Å²) in [6, 6.07) is 2.61. The van der Waals surface area contributed by atoms with Crippen molar-refractivity contribution in [1.29, 1.82) is 0 Å². The van der Waals surface area contributed by atoms with E-state index in [2.05, 4.69) is 35.3 Å². The first-order valence-electron chi connectivity index (χ1n) is 11.8. The van der Waals surface area contributed by atoms with Gasteiger partial charge in [-0.25, -0.2) is 13.7 Å². The van der Waals surface area contributed by atoms with Gasteiger partial charge in [0.25, 0.3) is 0 Å². The molecule has 1 atom stereocenters. The maximum atomic E-state index is 11.1. The molecule has 0 bridgehead atoms. The Morgan fingerprint density at radius 3 is 2.56 bits per heavy atom. The van der Waals surface area contributed by atoms with Gasteiger partial charge >= 0.3 is 0 Å². The first-order valence-corrected chi connectivity index (χ1v) is 13.1. The third-order valence-electron chi connectivity index (χ3n) is 6.70. The molecule has 0 amide bonds. The Bertz CT molecular complexity index is 1280. The largest absolute Gasteiger partial charge is 0.305 e. The Labute approximate surface area is 200 Å². The van der Waals surface area contributed by atoms with Crippen molar-refractivity contribution in [3.63, 3.8) is 0 Å². The number of hydrogen-bond donors (Lipinski definition) is 1. The van der Waals surface area contributed by atoms with Crippen molar-refractivity contribution in [3.05, 3.63) is 43.2 Å². The van der Waals surface area contributed by atoms with Gasteiger partial charge in [0.2, 0.25) is 0 Å². The minimum atomic E-state index is -1.79. The number of likely N-dealkylation sites (tertiary alicyclic amines) is 1. The summed E-state index contributed by atoms with van der Waals surface area (Å²) in [4.78, 5) is 7.03. The minimum absolute atomic E-state index is 0.210. The number of piperidine rings is 1. The van der Waals surface area contributed by atoms with Gasteiger partial charge in [-0.3, -0.25) is 14.3 Å². The summed E-state index contributed by atoms with van der Waals surface area (Å²) < 4.78 is 26.1. The summed E-state index contributed by atoms with van der Waals surface area (Å²) in [6.45, 7) is 5.93. The van der Waals surface area contributed by atoms with Gasteiger partial charge in [0.15, 0.2) is 11.1 Å². The van der Waals surface area contributed by atoms with E-state index in [4.69, 9.17) is 9.54 Å². The highest BCUT2D eigenvalue weighted by Crippen LogP contribution is 2.29. The van der Waals surface area contributed by atoms with E-state index < -0.39 is 11.1 Å². The van der Waals surface area contributed by atoms with Crippen LogP contribution in [0.5, 0.6) is 0 Å². The highest BCUT2D eigenvalue weighted by atomic mass is 32.2. The lowest BCUT2D eigenvalue weighted by atomic mass is 10.1. The van der Waals surface area contributed by atoms with Crippen LogP contribution in [0.2, 0.25) is 0 Å². The van der Waals surface area contributed by atoms with Gasteiger partial charge in [0.05, 0.1) is 53.8 Å². The molecule has 1 aliphatic heterocycles. The molecule has 1 N–H and O–H groups in total. The zero-order chi connectivity index (χ0) is 23.7. The van der Waals surface area contributed by atoms with Crippen LogP contribution >= 0.6 is 0 Å². The summed E-state index contributed by atoms with van der Waals surface area (Å²) in [7, 11) is 0. The Balaban J connectivity index is 1.42. The fourth-order valence-electron chi connectivity index (χ4n) is 4.74. The predicted molar refractivity (Wildman–Crippen MR) is 131 cm³/mol. The first-order chi connectivity index (χ1) is 16.6. The van der Waals surface area contributed by atoms with Crippen molar-refractivity contribution >= 4 is 16.6 Å². The summed E-state index contributed by atoms with van der Waals surface area (Å²) in [6.07, 6.45) is 15.4. The van der Waals surface area contributed by atoms with Gasteiger partial charge in [0.1, 0.15) is 5.88 Å². The second-order valence-corrected chi connectivity index (χ2v) is 9.73. The second-order valence-electron chi connectivity index (χ2n) is 8.82. The van der Waals surface area contributed by atoms with Gasteiger partial charge in [0, 0.05) is 36.6 Å². The molecule has 1 unspecified atom stereocenters. The minimum Gasteiger partial charge on any atom is -0.305 e. The van der Waals surface area contributed by atoms with Crippen molar-refractivity contribution in [2.75, 3.05) is 19.0 Å². The van der Waals surface area contributed by atoms with Crippen LogP contribution in [-0.2, 0) is 11.1 Å². The van der Waals surface area contributed by atoms with E-state index in [1.807, 2.05) is 49.6 Å². The number of aromatic nitrogens is 7. The smallest absolute Gasteiger partial charge is 0.167 e. The summed E-state index contributed by atoms with van der Waals surface area (Å²) >= 11 is -1.79. The van der Waals surface area contributed by atoms with E-state index in [9.17, 15) is 4.21 Å². The fraction of sp³-hybridized carbons (Fsp3) is 0.478. The van der Waals surface area contributed by atoms with Gasteiger partial charge < -0.3 is 4.55 Å². The maximum absolute atomic E-state index is 11.1. The molecule has 1 saturated heterocycles. The Morgan fingerprint density at radius 2 is 1.82 bits per heavy atom. The molecular formula is C23H30N8O2S. The van der Waals surface area contributed by atoms with Gasteiger partial charge in [-0.05, 0) is 31.7 Å².